The maximum atomic E-state index is 11.9. The average molecular weight is 448 g/mol. The zero-order chi connectivity index (χ0) is 22.5. The molecular weight excluding hydrogens is 424 g/mol. The monoisotopic (exact) mass is 448 g/mol. The number of sulfonamides is 1. The smallest absolute Gasteiger partial charge is 0.408 e. The summed E-state index contributed by atoms with van der Waals surface area (Å²) < 4.78 is 28.7. The number of ether oxygens (including phenoxy) is 1. The summed E-state index contributed by atoms with van der Waals surface area (Å²) >= 11 is 0. The number of hydrogen-bond donors (Lipinski definition) is 3. The standard InChI is InChI=1S/C21H24N2O7S/c24-20(25)19(22-21(26)29-15-17-9-3-1-4-10-17)13-7-8-14-31(27,28)23-30-16-18-11-5-2-6-12-18/h1-6,8-12,14,19,23H,7,13,15-16H2,(H,22,26)(H,24,25)/t19-/m0/s1. The molecule has 3 N–H and O–H groups in total. The Bertz CT molecular complexity index is 964. The topological polar surface area (TPSA) is 131 Å². The molecule has 0 saturated heterocycles. The third-order valence-corrected chi connectivity index (χ3v) is 4.86. The molecule has 0 aliphatic rings. The Labute approximate surface area is 180 Å². The predicted octanol–water partition coefficient (Wildman–Crippen LogP) is 2.71. The van der Waals surface area contributed by atoms with Crippen molar-refractivity contribution in [1.82, 2.24) is 10.2 Å². The molecule has 0 unspecified atom stereocenters. The second kappa shape index (κ2) is 12.5. The second-order valence-corrected chi connectivity index (χ2v) is 7.98. The number of carboxylic acid groups (broad SMARTS) is 1. The molecule has 0 heterocycles. The van der Waals surface area contributed by atoms with Gasteiger partial charge in [-0.25, -0.2) is 18.0 Å². The maximum absolute atomic E-state index is 11.9. The number of aliphatic carboxylic acids is 1. The molecule has 31 heavy (non-hydrogen) atoms. The van der Waals surface area contributed by atoms with Crippen LogP contribution in [0.2, 0.25) is 0 Å². The van der Waals surface area contributed by atoms with Crippen molar-refractivity contribution in [2.45, 2.75) is 32.1 Å². The number of carbonyl (C=O) groups is 2. The minimum atomic E-state index is -3.84. The van der Waals surface area contributed by atoms with Crippen molar-refractivity contribution in [1.29, 1.82) is 0 Å². The van der Waals surface area contributed by atoms with Crippen molar-refractivity contribution in [3.05, 3.63) is 83.3 Å². The van der Waals surface area contributed by atoms with Crippen LogP contribution in [-0.2, 0) is 37.6 Å². The van der Waals surface area contributed by atoms with Crippen LogP contribution in [0.15, 0.2) is 72.1 Å². The molecule has 166 valence electrons. The molecule has 10 heteroatoms. The van der Waals surface area contributed by atoms with Crippen LogP contribution in [0.1, 0.15) is 24.0 Å². The molecule has 0 fully saturated rings. The van der Waals surface area contributed by atoms with Gasteiger partial charge in [-0.2, -0.15) is 0 Å². The molecule has 0 spiro atoms. The summed E-state index contributed by atoms with van der Waals surface area (Å²) in [5.41, 5.74) is 1.56. The SMILES string of the molecule is O=C(N[C@@H](CCC=CS(=O)(=O)NOCc1ccccc1)C(=O)O)OCc1ccccc1. The Balaban J connectivity index is 1.72. The fourth-order valence-corrected chi connectivity index (χ4v) is 3.09. The molecule has 0 saturated carbocycles. The van der Waals surface area contributed by atoms with Gasteiger partial charge in [0.1, 0.15) is 12.6 Å². The van der Waals surface area contributed by atoms with Crippen LogP contribution in [0.25, 0.3) is 0 Å². The van der Waals surface area contributed by atoms with Gasteiger partial charge in [0.25, 0.3) is 10.0 Å². The lowest BCUT2D eigenvalue weighted by Gasteiger charge is -2.13. The van der Waals surface area contributed by atoms with Crippen LogP contribution in [-0.4, -0.2) is 31.6 Å². The van der Waals surface area contributed by atoms with Crippen LogP contribution in [0.5, 0.6) is 0 Å². The van der Waals surface area contributed by atoms with E-state index in [4.69, 9.17) is 9.57 Å². The van der Waals surface area contributed by atoms with Gasteiger partial charge < -0.3 is 15.2 Å². The third-order valence-electron chi connectivity index (χ3n) is 3.96. The highest BCUT2D eigenvalue weighted by molar-refractivity contribution is 7.92. The number of rotatable bonds is 12. The van der Waals surface area contributed by atoms with Gasteiger partial charge in [0.15, 0.2) is 0 Å². The van der Waals surface area contributed by atoms with E-state index < -0.39 is 28.1 Å². The summed E-state index contributed by atoms with van der Waals surface area (Å²) in [6.07, 6.45) is 0.479. The Morgan fingerprint density at radius 1 is 0.968 bits per heavy atom. The number of amides is 1. The molecule has 0 aliphatic heterocycles. The fourth-order valence-electron chi connectivity index (χ4n) is 2.42. The van der Waals surface area contributed by atoms with Gasteiger partial charge in [-0.15, -0.1) is 0 Å². The molecule has 9 nitrogen and oxygen atoms in total. The van der Waals surface area contributed by atoms with E-state index >= 15 is 0 Å². The minimum Gasteiger partial charge on any atom is -0.480 e. The van der Waals surface area contributed by atoms with E-state index in [1.807, 2.05) is 17.0 Å². The first-order valence-corrected chi connectivity index (χ1v) is 10.9. The summed E-state index contributed by atoms with van der Waals surface area (Å²) in [5.74, 6) is -1.25. The molecule has 0 bridgehead atoms. The summed E-state index contributed by atoms with van der Waals surface area (Å²) in [7, 11) is -3.84. The van der Waals surface area contributed by atoms with Crippen molar-refractivity contribution in [3.63, 3.8) is 0 Å². The highest BCUT2D eigenvalue weighted by Gasteiger charge is 2.20. The molecule has 1 amide bonds. The fraction of sp³-hybridized carbons (Fsp3) is 0.238. The summed E-state index contributed by atoms with van der Waals surface area (Å²) in [4.78, 5) is 30.1. The van der Waals surface area contributed by atoms with Crippen LogP contribution in [0, 0.1) is 0 Å². The van der Waals surface area contributed by atoms with Crippen LogP contribution >= 0.6 is 0 Å². The maximum Gasteiger partial charge on any atom is 0.408 e. The van der Waals surface area contributed by atoms with Gasteiger partial charge in [-0.05, 0) is 24.0 Å². The highest BCUT2D eigenvalue weighted by Crippen LogP contribution is 2.04. The predicted molar refractivity (Wildman–Crippen MR) is 113 cm³/mol. The minimum absolute atomic E-state index is 0.00576. The van der Waals surface area contributed by atoms with Crippen molar-refractivity contribution in [2.75, 3.05) is 0 Å². The number of alkyl carbamates (subject to hydrolysis) is 1. The molecule has 1 atom stereocenters. The number of nitrogens with one attached hydrogen (secondary N) is 2. The molecule has 0 aromatic heterocycles. The Morgan fingerprint density at radius 3 is 2.13 bits per heavy atom. The van der Waals surface area contributed by atoms with Crippen molar-refractivity contribution in [2.24, 2.45) is 0 Å². The lowest BCUT2D eigenvalue weighted by Crippen LogP contribution is -2.40. The van der Waals surface area contributed by atoms with Gasteiger partial charge in [0.05, 0.1) is 6.61 Å². The first-order valence-electron chi connectivity index (χ1n) is 9.40. The Hall–Kier alpha value is -3.21. The van der Waals surface area contributed by atoms with Gasteiger partial charge in [0, 0.05) is 5.41 Å². The molecule has 2 aromatic carbocycles. The van der Waals surface area contributed by atoms with Crippen molar-refractivity contribution in [3.8, 4) is 0 Å². The van der Waals surface area contributed by atoms with Crippen LogP contribution < -0.4 is 10.2 Å². The quantitative estimate of drug-likeness (QED) is 0.426. The van der Waals surface area contributed by atoms with E-state index in [1.165, 1.54) is 6.08 Å². The largest absolute Gasteiger partial charge is 0.480 e. The summed E-state index contributed by atoms with van der Waals surface area (Å²) in [6, 6.07) is 16.7. The van der Waals surface area contributed by atoms with Crippen molar-refractivity contribution < 1.29 is 32.7 Å². The number of carbonyl (C=O) groups excluding carboxylic acids is 1. The van der Waals surface area contributed by atoms with Gasteiger partial charge in [-0.3, -0.25) is 4.84 Å². The van der Waals surface area contributed by atoms with E-state index in [0.29, 0.717) is 0 Å². The first-order chi connectivity index (χ1) is 14.9. The molecular formula is C21H24N2O7S. The van der Waals surface area contributed by atoms with Crippen LogP contribution in [0.4, 0.5) is 4.79 Å². The summed E-state index contributed by atoms with van der Waals surface area (Å²) in [5, 5.41) is 12.4. The average Bonchev–Trinajstić information content (AvgIpc) is 2.75. The molecule has 0 radical (unpaired) electrons. The lowest BCUT2D eigenvalue weighted by molar-refractivity contribution is -0.139. The van der Waals surface area contributed by atoms with E-state index in [9.17, 15) is 23.1 Å². The van der Waals surface area contributed by atoms with Gasteiger partial charge in [0.2, 0.25) is 0 Å². The van der Waals surface area contributed by atoms with E-state index in [0.717, 1.165) is 16.5 Å². The zero-order valence-corrected chi connectivity index (χ0v) is 17.5. The molecule has 2 rings (SSSR count). The summed E-state index contributed by atoms with van der Waals surface area (Å²) in [6.45, 7) is 0.0653. The van der Waals surface area contributed by atoms with Crippen LogP contribution in [0.3, 0.4) is 0 Å². The first kappa shape index (κ1) is 24.1. The van der Waals surface area contributed by atoms with E-state index in [-0.39, 0.29) is 26.1 Å². The normalized spacial score (nSPS) is 12.4. The van der Waals surface area contributed by atoms with Gasteiger partial charge in [-0.1, -0.05) is 71.6 Å². The molecule has 0 aliphatic carbocycles. The lowest BCUT2D eigenvalue weighted by atomic mass is 10.1. The molecule has 2 aromatic rings. The van der Waals surface area contributed by atoms with E-state index in [1.54, 1.807) is 48.5 Å². The number of allylic oxidation sites excluding steroid dienone is 1. The Kier molecular flexibility index (Phi) is 9.69. The highest BCUT2D eigenvalue weighted by atomic mass is 32.2. The number of carboxylic acids is 1. The number of hydrogen-bond acceptors (Lipinski definition) is 6. The zero-order valence-electron chi connectivity index (χ0n) is 16.6. The second-order valence-electron chi connectivity index (χ2n) is 6.45. The third kappa shape index (κ3) is 9.90. The Morgan fingerprint density at radius 2 is 1.55 bits per heavy atom. The van der Waals surface area contributed by atoms with E-state index in [2.05, 4.69) is 5.32 Å². The van der Waals surface area contributed by atoms with Gasteiger partial charge >= 0.3 is 12.1 Å². The van der Waals surface area contributed by atoms with Crippen molar-refractivity contribution >= 4 is 22.1 Å². The number of benzene rings is 2.